The Morgan fingerprint density at radius 1 is 1.20 bits per heavy atom. The lowest BCUT2D eigenvalue weighted by Gasteiger charge is -2.09. The SMILES string of the molecule is CCC1CCCC(S)CC1. The molecule has 0 aromatic heterocycles. The highest BCUT2D eigenvalue weighted by atomic mass is 32.1. The van der Waals surface area contributed by atoms with Crippen molar-refractivity contribution in [3.05, 3.63) is 0 Å². The van der Waals surface area contributed by atoms with Crippen LogP contribution in [-0.2, 0) is 0 Å². The molecule has 0 bridgehead atoms. The summed E-state index contributed by atoms with van der Waals surface area (Å²) in [6.45, 7) is 2.31. The van der Waals surface area contributed by atoms with Crippen molar-refractivity contribution in [3.63, 3.8) is 0 Å². The molecule has 0 radical (unpaired) electrons. The van der Waals surface area contributed by atoms with Gasteiger partial charge in [-0.1, -0.05) is 26.2 Å². The number of rotatable bonds is 1. The third kappa shape index (κ3) is 2.53. The Labute approximate surface area is 69.8 Å². The van der Waals surface area contributed by atoms with Crippen LogP contribution in [0.1, 0.15) is 45.4 Å². The van der Waals surface area contributed by atoms with E-state index in [0.29, 0.717) is 5.25 Å². The average Bonchev–Trinajstić information content (AvgIpc) is 2.14. The third-order valence-corrected chi connectivity index (χ3v) is 3.15. The monoisotopic (exact) mass is 158 g/mol. The highest BCUT2D eigenvalue weighted by Gasteiger charge is 2.14. The molecule has 0 saturated heterocycles. The standard InChI is InChI=1S/C9H18S/c1-2-8-4-3-5-9(10)7-6-8/h8-10H,2-7H2,1H3. The molecule has 1 aliphatic carbocycles. The molecule has 0 N–H and O–H groups in total. The number of hydrogen-bond donors (Lipinski definition) is 1. The summed E-state index contributed by atoms with van der Waals surface area (Å²) in [4.78, 5) is 0. The normalized spacial score (nSPS) is 35.4. The van der Waals surface area contributed by atoms with Gasteiger partial charge in [0.15, 0.2) is 0 Å². The van der Waals surface area contributed by atoms with Crippen LogP contribution in [0.4, 0.5) is 0 Å². The molecule has 1 heteroatoms. The van der Waals surface area contributed by atoms with Crippen molar-refractivity contribution in [3.8, 4) is 0 Å². The molecule has 0 heterocycles. The lowest BCUT2D eigenvalue weighted by molar-refractivity contribution is 0.447. The van der Waals surface area contributed by atoms with E-state index in [-0.39, 0.29) is 0 Å². The quantitative estimate of drug-likeness (QED) is 0.439. The molecule has 10 heavy (non-hydrogen) atoms. The van der Waals surface area contributed by atoms with Crippen LogP contribution >= 0.6 is 12.6 Å². The van der Waals surface area contributed by atoms with Gasteiger partial charge in [0.05, 0.1) is 0 Å². The summed E-state index contributed by atoms with van der Waals surface area (Å²) >= 11 is 4.51. The van der Waals surface area contributed by atoms with Crippen LogP contribution in [-0.4, -0.2) is 5.25 Å². The Morgan fingerprint density at radius 3 is 2.70 bits per heavy atom. The lowest BCUT2D eigenvalue weighted by atomic mass is 9.98. The zero-order chi connectivity index (χ0) is 7.40. The van der Waals surface area contributed by atoms with Gasteiger partial charge in [0, 0.05) is 5.25 Å². The van der Waals surface area contributed by atoms with Gasteiger partial charge in [-0.25, -0.2) is 0 Å². The first-order valence-corrected chi connectivity index (χ1v) is 5.02. The number of thiol groups is 1. The van der Waals surface area contributed by atoms with Crippen molar-refractivity contribution in [1.82, 2.24) is 0 Å². The first-order chi connectivity index (χ1) is 4.83. The van der Waals surface area contributed by atoms with Crippen LogP contribution < -0.4 is 0 Å². The Kier molecular flexibility index (Phi) is 3.61. The Morgan fingerprint density at radius 2 is 2.00 bits per heavy atom. The predicted molar refractivity (Wildman–Crippen MR) is 49.6 cm³/mol. The Bertz CT molecular complexity index is 90.7. The lowest BCUT2D eigenvalue weighted by Crippen LogP contribution is -1.97. The average molecular weight is 158 g/mol. The summed E-state index contributed by atoms with van der Waals surface area (Å²) in [7, 11) is 0. The van der Waals surface area contributed by atoms with Gasteiger partial charge in [0.2, 0.25) is 0 Å². The maximum atomic E-state index is 4.51. The third-order valence-electron chi connectivity index (χ3n) is 2.64. The molecule has 60 valence electrons. The van der Waals surface area contributed by atoms with Gasteiger partial charge in [0.25, 0.3) is 0 Å². The Hall–Kier alpha value is 0.350. The molecule has 2 atom stereocenters. The zero-order valence-electron chi connectivity index (χ0n) is 6.84. The van der Waals surface area contributed by atoms with Gasteiger partial charge in [-0.05, 0) is 25.2 Å². The van der Waals surface area contributed by atoms with E-state index in [1.165, 1.54) is 38.5 Å². The second kappa shape index (κ2) is 4.27. The van der Waals surface area contributed by atoms with Gasteiger partial charge in [0.1, 0.15) is 0 Å². The molecule has 0 nitrogen and oxygen atoms in total. The first-order valence-electron chi connectivity index (χ1n) is 4.51. The highest BCUT2D eigenvalue weighted by molar-refractivity contribution is 7.80. The maximum absolute atomic E-state index is 4.51. The van der Waals surface area contributed by atoms with Crippen molar-refractivity contribution < 1.29 is 0 Å². The topological polar surface area (TPSA) is 0 Å². The second-order valence-corrected chi connectivity index (χ2v) is 4.17. The Balaban J connectivity index is 2.26. The molecule has 1 saturated carbocycles. The van der Waals surface area contributed by atoms with Gasteiger partial charge in [-0.3, -0.25) is 0 Å². The van der Waals surface area contributed by atoms with Crippen LogP contribution in [0.15, 0.2) is 0 Å². The summed E-state index contributed by atoms with van der Waals surface area (Å²) in [5.41, 5.74) is 0. The van der Waals surface area contributed by atoms with E-state index in [2.05, 4.69) is 19.6 Å². The summed E-state index contributed by atoms with van der Waals surface area (Å²) in [6.07, 6.45) is 8.35. The molecule has 0 aromatic rings. The fraction of sp³-hybridized carbons (Fsp3) is 1.00. The molecule has 1 rings (SSSR count). The van der Waals surface area contributed by atoms with Gasteiger partial charge >= 0.3 is 0 Å². The molecule has 0 amide bonds. The van der Waals surface area contributed by atoms with Crippen LogP contribution in [0, 0.1) is 5.92 Å². The minimum absolute atomic E-state index is 0.705. The van der Waals surface area contributed by atoms with Gasteiger partial charge in [-0.15, -0.1) is 0 Å². The molecular weight excluding hydrogens is 140 g/mol. The van der Waals surface area contributed by atoms with Crippen molar-refractivity contribution in [2.24, 2.45) is 5.92 Å². The number of hydrogen-bond acceptors (Lipinski definition) is 1. The molecule has 0 aliphatic heterocycles. The van der Waals surface area contributed by atoms with E-state index in [0.717, 1.165) is 5.92 Å². The largest absolute Gasteiger partial charge is 0.176 e. The smallest absolute Gasteiger partial charge is 0.00169 e. The summed E-state index contributed by atoms with van der Waals surface area (Å²) in [5, 5.41) is 0.705. The maximum Gasteiger partial charge on any atom is 0.00169 e. The molecule has 2 unspecified atom stereocenters. The van der Waals surface area contributed by atoms with E-state index in [1.54, 1.807) is 0 Å². The molecule has 0 aromatic carbocycles. The molecular formula is C9H18S. The minimum Gasteiger partial charge on any atom is -0.176 e. The van der Waals surface area contributed by atoms with Crippen molar-refractivity contribution in [2.45, 2.75) is 50.7 Å². The van der Waals surface area contributed by atoms with Crippen LogP contribution in [0.2, 0.25) is 0 Å². The highest BCUT2D eigenvalue weighted by Crippen LogP contribution is 2.27. The fourth-order valence-corrected chi connectivity index (χ4v) is 2.10. The van der Waals surface area contributed by atoms with Crippen molar-refractivity contribution in [2.75, 3.05) is 0 Å². The van der Waals surface area contributed by atoms with Crippen molar-refractivity contribution in [1.29, 1.82) is 0 Å². The van der Waals surface area contributed by atoms with Gasteiger partial charge < -0.3 is 0 Å². The first kappa shape index (κ1) is 8.45. The molecule has 1 fully saturated rings. The second-order valence-electron chi connectivity index (χ2n) is 3.44. The van der Waals surface area contributed by atoms with E-state index in [9.17, 15) is 0 Å². The van der Waals surface area contributed by atoms with Crippen LogP contribution in [0.5, 0.6) is 0 Å². The van der Waals surface area contributed by atoms with Crippen molar-refractivity contribution >= 4 is 12.6 Å². The summed E-state index contributed by atoms with van der Waals surface area (Å²) in [5.74, 6) is 1.01. The minimum atomic E-state index is 0.705. The van der Waals surface area contributed by atoms with Crippen LogP contribution in [0.3, 0.4) is 0 Å². The van der Waals surface area contributed by atoms with E-state index < -0.39 is 0 Å². The van der Waals surface area contributed by atoms with E-state index in [4.69, 9.17) is 0 Å². The van der Waals surface area contributed by atoms with E-state index in [1.807, 2.05) is 0 Å². The summed E-state index contributed by atoms with van der Waals surface area (Å²) in [6, 6.07) is 0. The molecule has 0 spiro atoms. The zero-order valence-corrected chi connectivity index (χ0v) is 7.74. The van der Waals surface area contributed by atoms with Crippen LogP contribution in [0.25, 0.3) is 0 Å². The predicted octanol–water partition coefficient (Wildman–Crippen LogP) is 3.28. The van der Waals surface area contributed by atoms with Gasteiger partial charge in [-0.2, -0.15) is 12.6 Å². The van der Waals surface area contributed by atoms with E-state index >= 15 is 0 Å². The molecule has 1 aliphatic rings. The summed E-state index contributed by atoms with van der Waals surface area (Å²) < 4.78 is 0. The fourth-order valence-electron chi connectivity index (χ4n) is 1.77.